The van der Waals surface area contributed by atoms with Crippen molar-refractivity contribution in [2.24, 2.45) is 0 Å². The summed E-state index contributed by atoms with van der Waals surface area (Å²) in [6.45, 7) is 0. The van der Waals surface area contributed by atoms with E-state index in [1.165, 1.54) is 0 Å². The van der Waals surface area contributed by atoms with E-state index in [1.54, 1.807) is 54.0 Å². The summed E-state index contributed by atoms with van der Waals surface area (Å²) < 4.78 is 0. The van der Waals surface area contributed by atoms with Gasteiger partial charge in [-0.15, -0.1) is 0 Å². The lowest BCUT2D eigenvalue weighted by Crippen LogP contribution is -2.18. The first-order valence-corrected chi connectivity index (χ1v) is 10.2. The third-order valence-corrected chi connectivity index (χ3v) is 5.32. The van der Waals surface area contributed by atoms with Gasteiger partial charge in [0.05, 0.1) is 5.69 Å². The summed E-state index contributed by atoms with van der Waals surface area (Å²) in [6, 6.07) is 25.3. The number of aryl methyl sites for hydroxylation is 1. The Balaban J connectivity index is 1.59. The molecule has 3 aromatic carbocycles. The summed E-state index contributed by atoms with van der Waals surface area (Å²) in [6.07, 6.45) is 0.792. The van der Waals surface area contributed by atoms with Gasteiger partial charge in [-0.1, -0.05) is 54.6 Å². The van der Waals surface area contributed by atoms with Gasteiger partial charge in [-0.2, -0.15) is 0 Å². The van der Waals surface area contributed by atoms with E-state index in [4.69, 9.17) is 5.21 Å². The van der Waals surface area contributed by atoms with E-state index in [2.05, 4.69) is 4.98 Å². The van der Waals surface area contributed by atoms with Crippen LogP contribution in [0.5, 0.6) is 5.75 Å². The van der Waals surface area contributed by atoms with E-state index in [0.29, 0.717) is 17.7 Å². The quantitative estimate of drug-likeness (QED) is 0.190. The lowest BCUT2D eigenvalue weighted by Gasteiger charge is -2.06. The average Bonchev–Trinajstić information content (AvgIpc) is 3.29. The number of rotatable bonds is 7. The monoisotopic (exact) mass is 426 g/mol. The molecule has 0 saturated heterocycles. The molecule has 1 amide bonds. The van der Waals surface area contributed by atoms with E-state index in [-0.39, 0.29) is 18.0 Å². The number of phenols is 1. The number of ketones is 1. The number of benzene rings is 3. The summed E-state index contributed by atoms with van der Waals surface area (Å²) in [4.78, 5) is 27.9. The Morgan fingerprint density at radius 3 is 2.19 bits per heavy atom. The number of carbonyl (C=O) groups excluding carboxylic acids is 2. The topological polar surface area (TPSA) is 102 Å². The second kappa shape index (κ2) is 9.32. The van der Waals surface area contributed by atoms with Gasteiger partial charge in [0.2, 0.25) is 0 Å². The maximum Gasteiger partial charge on any atom is 0.274 e. The van der Waals surface area contributed by atoms with Crippen molar-refractivity contribution in [3.63, 3.8) is 0 Å². The van der Waals surface area contributed by atoms with Crippen molar-refractivity contribution in [2.75, 3.05) is 0 Å². The van der Waals surface area contributed by atoms with Crippen molar-refractivity contribution in [2.45, 2.75) is 12.8 Å². The van der Waals surface area contributed by atoms with Crippen LogP contribution in [-0.4, -0.2) is 27.0 Å². The van der Waals surface area contributed by atoms with Crippen LogP contribution < -0.4 is 5.48 Å². The number of phenolic OH excluding ortho intramolecular Hbond substituents is 1. The van der Waals surface area contributed by atoms with Crippen LogP contribution in [0.2, 0.25) is 0 Å². The fourth-order valence-corrected chi connectivity index (χ4v) is 3.59. The Kier molecular flexibility index (Phi) is 6.14. The molecule has 32 heavy (non-hydrogen) atoms. The van der Waals surface area contributed by atoms with Crippen molar-refractivity contribution in [3.05, 3.63) is 102 Å². The second-order valence-electron chi connectivity index (χ2n) is 7.45. The van der Waals surface area contributed by atoms with E-state index in [0.717, 1.165) is 27.9 Å². The van der Waals surface area contributed by atoms with Gasteiger partial charge in [0, 0.05) is 23.2 Å². The van der Waals surface area contributed by atoms with Crippen LogP contribution >= 0.6 is 0 Å². The van der Waals surface area contributed by atoms with Gasteiger partial charge < -0.3 is 10.1 Å². The molecule has 0 saturated carbocycles. The van der Waals surface area contributed by atoms with Crippen LogP contribution in [0.1, 0.15) is 32.8 Å². The van der Waals surface area contributed by atoms with Crippen LogP contribution in [0.3, 0.4) is 0 Å². The van der Waals surface area contributed by atoms with E-state index in [1.807, 2.05) is 36.4 Å². The summed E-state index contributed by atoms with van der Waals surface area (Å²) in [5.74, 6) is -0.447. The van der Waals surface area contributed by atoms with Gasteiger partial charge in [0.15, 0.2) is 5.78 Å². The highest BCUT2D eigenvalue weighted by Gasteiger charge is 2.18. The summed E-state index contributed by atoms with van der Waals surface area (Å²) in [7, 11) is 0. The van der Waals surface area contributed by atoms with Crippen molar-refractivity contribution >= 4 is 11.7 Å². The molecule has 6 heteroatoms. The second-order valence-corrected chi connectivity index (χ2v) is 7.45. The Bertz CT molecular complexity index is 1230. The summed E-state index contributed by atoms with van der Waals surface area (Å²) >= 11 is 0. The highest BCUT2D eigenvalue weighted by molar-refractivity contribution is 6.02. The molecule has 0 unspecified atom stereocenters. The molecular formula is C26H22N2O4. The molecule has 4 aromatic rings. The lowest BCUT2D eigenvalue weighted by molar-refractivity contribution is 0.0706. The van der Waals surface area contributed by atoms with Crippen molar-refractivity contribution in [1.29, 1.82) is 0 Å². The number of Topliss-reactive ketones (excluding diaryl/α,β-unsaturated/α-hetero) is 1. The number of hydrogen-bond acceptors (Lipinski definition) is 4. The number of amides is 1. The van der Waals surface area contributed by atoms with Gasteiger partial charge in [0.25, 0.3) is 5.91 Å². The minimum atomic E-state index is -0.578. The van der Waals surface area contributed by atoms with E-state index in [9.17, 15) is 14.7 Å². The number of aromatic hydroxyl groups is 1. The molecule has 1 heterocycles. The molecule has 0 radical (unpaired) electrons. The molecule has 0 aliphatic heterocycles. The van der Waals surface area contributed by atoms with Gasteiger partial charge in [-0.05, 0) is 53.4 Å². The minimum absolute atomic E-state index is 0.0348. The maximum absolute atomic E-state index is 13.2. The number of aromatic nitrogens is 1. The number of hydroxylamine groups is 1. The number of carbonyl (C=O) groups is 2. The Labute approximate surface area is 185 Å². The fraction of sp³-hybridized carbons (Fsp3) is 0.0769. The predicted molar refractivity (Wildman–Crippen MR) is 122 cm³/mol. The Morgan fingerprint density at radius 2 is 1.53 bits per heavy atom. The standard InChI is InChI=1S/C26H22N2O4/c29-21-13-11-18(12-14-21)22-16-23(19-4-2-1-3-5-19)27-25(22)24(30)15-8-17-6-9-20(10-7-17)26(31)28-32/h1-7,9-14,16,27,29,32H,8,15H2,(H,28,31). The number of aromatic amines is 1. The zero-order valence-corrected chi connectivity index (χ0v) is 17.2. The first-order chi connectivity index (χ1) is 15.5. The zero-order valence-electron chi connectivity index (χ0n) is 17.2. The molecule has 0 bridgehead atoms. The molecule has 0 spiro atoms. The van der Waals surface area contributed by atoms with Gasteiger partial charge in [-0.25, -0.2) is 5.48 Å². The van der Waals surface area contributed by atoms with E-state index < -0.39 is 5.91 Å². The molecule has 160 valence electrons. The highest BCUT2D eigenvalue weighted by Crippen LogP contribution is 2.31. The minimum Gasteiger partial charge on any atom is -0.508 e. The van der Waals surface area contributed by atoms with Gasteiger partial charge in [-0.3, -0.25) is 14.8 Å². The molecule has 1 aromatic heterocycles. The van der Waals surface area contributed by atoms with Crippen LogP contribution in [0.15, 0.2) is 84.9 Å². The summed E-state index contributed by atoms with van der Waals surface area (Å²) in [5.41, 5.74) is 6.81. The number of H-pyrrole nitrogens is 1. The molecule has 6 nitrogen and oxygen atoms in total. The molecule has 0 aliphatic rings. The first kappa shape index (κ1) is 21.1. The van der Waals surface area contributed by atoms with E-state index >= 15 is 0 Å². The SMILES string of the molecule is O=C(NO)c1ccc(CCC(=O)c2[nH]c(-c3ccccc3)cc2-c2ccc(O)cc2)cc1. The smallest absolute Gasteiger partial charge is 0.274 e. The van der Waals surface area contributed by atoms with Crippen LogP contribution in [0.25, 0.3) is 22.4 Å². The van der Waals surface area contributed by atoms with Crippen molar-refractivity contribution in [1.82, 2.24) is 10.5 Å². The molecule has 4 N–H and O–H groups in total. The zero-order chi connectivity index (χ0) is 22.5. The average molecular weight is 426 g/mol. The number of hydrogen-bond donors (Lipinski definition) is 4. The van der Waals surface area contributed by atoms with Crippen LogP contribution in [0, 0.1) is 0 Å². The molecular weight excluding hydrogens is 404 g/mol. The third kappa shape index (κ3) is 4.61. The maximum atomic E-state index is 13.2. The summed E-state index contributed by atoms with van der Waals surface area (Å²) in [5, 5.41) is 18.3. The molecule has 0 atom stereocenters. The van der Waals surface area contributed by atoms with Crippen molar-refractivity contribution < 1.29 is 19.9 Å². The molecule has 0 aliphatic carbocycles. The third-order valence-electron chi connectivity index (χ3n) is 5.32. The Morgan fingerprint density at radius 1 is 0.844 bits per heavy atom. The normalized spacial score (nSPS) is 10.7. The lowest BCUT2D eigenvalue weighted by atomic mass is 9.99. The highest BCUT2D eigenvalue weighted by atomic mass is 16.5. The fourth-order valence-electron chi connectivity index (χ4n) is 3.59. The van der Waals surface area contributed by atoms with Gasteiger partial charge in [0.1, 0.15) is 5.75 Å². The van der Waals surface area contributed by atoms with Crippen LogP contribution in [-0.2, 0) is 6.42 Å². The Hall–Kier alpha value is -4.16. The molecule has 4 rings (SSSR count). The first-order valence-electron chi connectivity index (χ1n) is 10.2. The number of nitrogens with one attached hydrogen (secondary N) is 2. The molecule has 0 fully saturated rings. The van der Waals surface area contributed by atoms with Gasteiger partial charge >= 0.3 is 0 Å². The van der Waals surface area contributed by atoms with Crippen LogP contribution in [0.4, 0.5) is 0 Å². The largest absolute Gasteiger partial charge is 0.508 e. The predicted octanol–water partition coefficient (Wildman–Crippen LogP) is 4.99. The van der Waals surface area contributed by atoms with Crippen molar-refractivity contribution in [3.8, 4) is 28.1 Å².